The third-order valence-electron chi connectivity index (χ3n) is 3.13. The number of aromatic nitrogens is 3. The van der Waals surface area contributed by atoms with Crippen LogP contribution in [0.5, 0.6) is 0 Å². The van der Waals surface area contributed by atoms with Gasteiger partial charge in [0.2, 0.25) is 0 Å². The predicted octanol–water partition coefficient (Wildman–Crippen LogP) is 1.91. The van der Waals surface area contributed by atoms with Crippen molar-refractivity contribution in [2.75, 3.05) is 0 Å². The van der Waals surface area contributed by atoms with Crippen molar-refractivity contribution >= 4 is 0 Å². The molecule has 0 saturated carbocycles. The summed E-state index contributed by atoms with van der Waals surface area (Å²) >= 11 is 0. The minimum atomic E-state index is 0.498. The van der Waals surface area contributed by atoms with Gasteiger partial charge in [-0.3, -0.25) is 4.98 Å². The van der Waals surface area contributed by atoms with Crippen LogP contribution in [-0.4, -0.2) is 14.8 Å². The van der Waals surface area contributed by atoms with E-state index >= 15 is 0 Å². The molecule has 0 bridgehead atoms. The van der Waals surface area contributed by atoms with E-state index in [0.29, 0.717) is 6.54 Å². The van der Waals surface area contributed by atoms with Gasteiger partial charge in [0.1, 0.15) is 0 Å². The van der Waals surface area contributed by atoms with Gasteiger partial charge in [-0.15, -0.1) is 0 Å². The van der Waals surface area contributed by atoms with Gasteiger partial charge in [0.15, 0.2) is 0 Å². The standard InChI is InChI=1S/C13H18N4/c1-4-12-9(2)16-17(10(12)3)13-8-15-6-5-11(13)7-14/h5-6,8H,4,7,14H2,1-3H3. The highest BCUT2D eigenvalue weighted by Gasteiger charge is 2.13. The molecule has 0 radical (unpaired) electrons. The van der Waals surface area contributed by atoms with Gasteiger partial charge in [0.25, 0.3) is 0 Å². The van der Waals surface area contributed by atoms with E-state index in [1.807, 2.05) is 23.9 Å². The summed E-state index contributed by atoms with van der Waals surface area (Å²) in [5, 5.41) is 4.58. The largest absolute Gasteiger partial charge is 0.326 e. The van der Waals surface area contributed by atoms with Crippen molar-refractivity contribution in [1.82, 2.24) is 14.8 Å². The number of nitrogens with zero attached hydrogens (tertiary/aromatic N) is 3. The Morgan fingerprint density at radius 1 is 1.35 bits per heavy atom. The molecule has 0 aliphatic heterocycles. The van der Waals surface area contributed by atoms with Crippen LogP contribution in [0, 0.1) is 13.8 Å². The molecule has 2 rings (SSSR count). The molecule has 2 N–H and O–H groups in total. The first-order valence-corrected chi connectivity index (χ1v) is 5.87. The van der Waals surface area contributed by atoms with Crippen LogP contribution in [0.2, 0.25) is 0 Å². The van der Waals surface area contributed by atoms with Gasteiger partial charge in [-0.1, -0.05) is 6.92 Å². The summed E-state index contributed by atoms with van der Waals surface area (Å²) in [6.07, 6.45) is 4.58. The normalized spacial score (nSPS) is 10.8. The summed E-state index contributed by atoms with van der Waals surface area (Å²) in [5.74, 6) is 0. The summed E-state index contributed by atoms with van der Waals surface area (Å²) in [7, 11) is 0. The molecule has 4 heteroatoms. The van der Waals surface area contributed by atoms with Crippen LogP contribution in [-0.2, 0) is 13.0 Å². The Kier molecular flexibility index (Phi) is 3.24. The van der Waals surface area contributed by atoms with E-state index in [1.165, 1.54) is 11.3 Å². The fourth-order valence-electron chi connectivity index (χ4n) is 2.20. The second-order valence-corrected chi connectivity index (χ2v) is 4.12. The number of aryl methyl sites for hydroxylation is 1. The van der Waals surface area contributed by atoms with Crippen molar-refractivity contribution in [3.63, 3.8) is 0 Å². The summed E-state index contributed by atoms with van der Waals surface area (Å²) < 4.78 is 1.95. The summed E-state index contributed by atoms with van der Waals surface area (Å²) in [5.41, 5.74) is 11.3. The Balaban J connectivity index is 2.61. The first-order valence-electron chi connectivity index (χ1n) is 5.87. The smallest absolute Gasteiger partial charge is 0.0876 e. The Morgan fingerprint density at radius 3 is 2.71 bits per heavy atom. The third kappa shape index (κ3) is 1.96. The molecule has 0 aliphatic rings. The second-order valence-electron chi connectivity index (χ2n) is 4.12. The van der Waals surface area contributed by atoms with E-state index in [9.17, 15) is 0 Å². The molecular formula is C13H18N4. The van der Waals surface area contributed by atoms with Crippen molar-refractivity contribution < 1.29 is 0 Å². The first-order chi connectivity index (χ1) is 8.19. The molecule has 2 aromatic heterocycles. The third-order valence-corrected chi connectivity index (χ3v) is 3.13. The molecule has 0 amide bonds. The van der Waals surface area contributed by atoms with E-state index in [4.69, 9.17) is 5.73 Å². The Labute approximate surface area is 101 Å². The lowest BCUT2D eigenvalue weighted by Gasteiger charge is -2.09. The summed E-state index contributed by atoms with van der Waals surface area (Å²) in [4.78, 5) is 4.16. The average molecular weight is 230 g/mol. The van der Waals surface area contributed by atoms with Gasteiger partial charge >= 0.3 is 0 Å². The molecule has 0 aliphatic carbocycles. The predicted molar refractivity (Wildman–Crippen MR) is 68.1 cm³/mol. The topological polar surface area (TPSA) is 56.7 Å². The molecule has 2 aromatic rings. The minimum Gasteiger partial charge on any atom is -0.326 e. The highest BCUT2D eigenvalue weighted by atomic mass is 15.3. The quantitative estimate of drug-likeness (QED) is 0.876. The molecule has 0 atom stereocenters. The van der Waals surface area contributed by atoms with Gasteiger partial charge in [-0.25, -0.2) is 4.68 Å². The van der Waals surface area contributed by atoms with Crippen LogP contribution < -0.4 is 5.73 Å². The van der Waals surface area contributed by atoms with Gasteiger partial charge in [-0.05, 0) is 37.5 Å². The molecule has 4 nitrogen and oxygen atoms in total. The van der Waals surface area contributed by atoms with E-state index in [1.54, 1.807) is 6.20 Å². The molecule has 0 aromatic carbocycles. The molecule has 90 valence electrons. The highest BCUT2D eigenvalue weighted by Crippen LogP contribution is 2.20. The van der Waals surface area contributed by atoms with Crippen LogP contribution in [0.25, 0.3) is 5.69 Å². The lowest BCUT2D eigenvalue weighted by molar-refractivity contribution is 0.811. The molecular weight excluding hydrogens is 212 g/mol. The fourth-order valence-corrected chi connectivity index (χ4v) is 2.20. The zero-order chi connectivity index (χ0) is 12.4. The van der Waals surface area contributed by atoms with Crippen LogP contribution in [0.3, 0.4) is 0 Å². The van der Waals surface area contributed by atoms with E-state index in [2.05, 4.69) is 23.9 Å². The molecule has 0 spiro atoms. The molecule has 0 saturated heterocycles. The van der Waals surface area contributed by atoms with Crippen molar-refractivity contribution in [3.05, 3.63) is 41.0 Å². The fraction of sp³-hybridized carbons (Fsp3) is 0.385. The van der Waals surface area contributed by atoms with Crippen LogP contribution >= 0.6 is 0 Å². The number of nitrogens with two attached hydrogens (primary N) is 1. The van der Waals surface area contributed by atoms with Crippen molar-refractivity contribution in [3.8, 4) is 5.69 Å². The van der Waals surface area contributed by atoms with Gasteiger partial charge in [0.05, 0.1) is 17.6 Å². The second kappa shape index (κ2) is 4.67. The molecule has 17 heavy (non-hydrogen) atoms. The van der Waals surface area contributed by atoms with Crippen LogP contribution in [0.1, 0.15) is 29.4 Å². The monoisotopic (exact) mass is 230 g/mol. The number of hydrogen-bond acceptors (Lipinski definition) is 3. The number of rotatable bonds is 3. The Morgan fingerprint density at radius 2 is 2.12 bits per heavy atom. The van der Waals surface area contributed by atoms with Gasteiger partial charge < -0.3 is 5.73 Å². The van der Waals surface area contributed by atoms with Crippen LogP contribution in [0.4, 0.5) is 0 Å². The van der Waals surface area contributed by atoms with E-state index in [-0.39, 0.29) is 0 Å². The average Bonchev–Trinajstić information content (AvgIpc) is 2.64. The molecule has 0 fully saturated rings. The van der Waals surface area contributed by atoms with Crippen molar-refractivity contribution in [1.29, 1.82) is 0 Å². The Bertz CT molecular complexity index is 528. The minimum absolute atomic E-state index is 0.498. The molecule has 2 heterocycles. The summed E-state index contributed by atoms with van der Waals surface area (Å²) in [6.45, 7) is 6.78. The zero-order valence-electron chi connectivity index (χ0n) is 10.6. The zero-order valence-corrected chi connectivity index (χ0v) is 10.6. The highest BCUT2D eigenvalue weighted by molar-refractivity contribution is 5.41. The van der Waals surface area contributed by atoms with Crippen LogP contribution in [0.15, 0.2) is 18.5 Å². The number of pyridine rings is 1. The maximum Gasteiger partial charge on any atom is 0.0876 e. The molecule has 0 unspecified atom stereocenters. The first kappa shape index (κ1) is 11.8. The van der Waals surface area contributed by atoms with Crippen molar-refractivity contribution in [2.45, 2.75) is 33.7 Å². The Hall–Kier alpha value is -1.68. The number of hydrogen-bond donors (Lipinski definition) is 1. The lowest BCUT2D eigenvalue weighted by Crippen LogP contribution is -2.07. The van der Waals surface area contributed by atoms with E-state index < -0.39 is 0 Å². The van der Waals surface area contributed by atoms with Gasteiger partial charge in [-0.2, -0.15) is 5.10 Å². The van der Waals surface area contributed by atoms with Gasteiger partial charge in [0, 0.05) is 18.4 Å². The van der Waals surface area contributed by atoms with E-state index in [0.717, 1.165) is 23.4 Å². The summed E-state index contributed by atoms with van der Waals surface area (Å²) in [6, 6.07) is 1.94. The SMILES string of the molecule is CCc1c(C)nn(-c2cnccc2CN)c1C. The maximum absolute atomic E-state index is 5.75. The van der Waals surface area contributed by atoms with Crippen molar-refractivity contribution in [2.24, 2.45) is 5.73 Å². The maximum atomic E-state index is 5.75. The lowest BCUT2D eigenvalue weighted by atomic mass is 10.1.